The third-order valence-electron chi connectivity index (χ3n) is 5.81. The molecule has 0 aliphatic heterocycles. The Kier molecular flexibility index (Phi) is 5.36. The van der Waals surface area contributed by atoms with E-state index >= 15 is 0 Å². The Labute approximate surface area is 190 Å². The van der Waals surface area contributed by atoms with Crippen LogP contribution in [0.5, 0.6) is 0 Å². The molecule has 7 heteroatoms. The number of carboxylic acid groups (broad SMARTS) is 1. The summed E-state index contributed by atoms with van der Waals surface area (Å²) in [6.07, 6.45) is 0.499. The summed E-state index contributed by atoms with van der Waals surface area (Å²) in [4.78, 5) is 24.4. The van der Waals surface area contributed by atoms with Crippen LogP contribution in [0.2, 0.25) is 0 Å². The number of hydrogen-bond acceptors (Lipinski definition) is 4. The Hall–Kier alpha value is -4.39. The van der Waals surface area contributed by atoms with Gasteiger partial charge in [0, 0.05) is 5.92 Å². The molecule has 0 unspecified atom stereocenters. The van der Waals surface area contributed by atoms with Crippen molar-refractivity contribution in [1.29, 1.82) is 0 Å². The van der Waals surface area contributed by atoms with Crippen LogP contribution in [-0.4, -0.2) is 33.6 Å². The van der Waals surface area contributed by atoms with Gasteiger partial charge in [-0.1, -0.05) is 78.9 Å². The Morgan fingerprint density at radius 3 is 2.15 bits per heavy atom. The summed E-state index contributed by atoms with van der Waals surface area (Å²) in [5.74, 6) is -1.18. The maximum atomic E-state index is 12.7. The molecule has 1 heterocycles. The first-order valence-corrected chi connectivity index (χ1v) is 10.6. The fraction of sp³-hybridized carbons (Fsp3) is 0.115. The highest BCUT2D eigenvalue weighted by Crippen LogP contribution is 2.44. The zero-order valence-corrected chi connectivity index (χ0v) is 17.6. The standard InChI is InChI=1S/C26H21N3O4/c30-25(31)22-14-27-29(15-17-8-2-1-3-9-17)24(22)28-26(32)33-16-23-20-12-6-4-10-18(20)19-11-5-7-13-21(19)23/h1-14,23H,15-16H2,(H,28,32)(H,30,31). The number of amides is 1. The van der Waals surface area contributed by atoms with E-state index in [9.17, 15) is 14.7 Å². The average Bonchev–Trinajstić information content (AvgIpc) is 3.37. The molecule has 0 atom stereocenters. The summed E-state index contributed by atoms with van der Waals surface area (Å²) in [6, 6.07) is 25.6. The van der Waals surface area contributed by atoms with E-state index in [1.165, 1.54) is 10.9 Å². The maximum absolute atomic E-state index is 12.7. The quantitative estimate of drug-likeness (QED) is 0.441. The number of ether oxygens (including phenoxy) is 1. The lowest BCUT2D eigenvalue weighted by Crippen LogP contribution is -2.21. The largest absolute Gasteiger partial charge is 0.477 e. The second-order valence-electron chi connectivity index (χ2n) is 7.81. The van der Waals surface area contributed by atoms with Gasteiger partial charge in [-0.25, -0.2) is 14.3 Å². The minimum atomic E-state index is -1.18. The lowest BCUT2D eigenvalue weighted by atomic mass is 9.98. The number of nitrogens with one attached hydrogen (secondary N) is 1. The van der Waals surface area contributed by atoms with Crippen LogP contribution in [0.4, 0.5) is 10.6 Å². The van der Waals surface area contributed by atoms with Crippen LogP contribution in [0.3, 0.4) is 0 Å². The van der Waals surface area contributed by atoms with Crippen molar-refractivity contribution in [2.24, 2.45) is 0 Å². The van der Waals surface area contributed by atoms with Crippen molar-refractivity contribution >= 4 is 17.9 Å². The van der Waals surface area contributed by atoms with Gasteiger partial charge in [0.15, 0.2) is 0 Å². The lowest BCUT2D eigenvalue weighted by Gasteiger charge is -2.15. The van der Waals surface area contributed by atoms with E-state index in [-0.39, 0.29) is 23.9 Å². The van der Waals surface area contributed by atoms with Gasteiger partial charge in [0.05, 0.1) is 12.7 Å². The molecule has 0 radical (unpaired) electrons. The van der Waals surface area contributed by atoms with Crippen LogP contribution in [0, 0.1) is 0 Å². The number of carboxylic acids is 1. The van der Waals surface area contributed by atoms with Crippen molar-refractivity contribution in [2.75, 3.05) is 11.9 Å². The molecule has 5 rings (SSSR count). The molecular formula is C26H21N3O4. The Balaban J connectivity index is 1.34. The number of hydrogen-bond donors (Lipinski definition) is 2. The summed E-state index contributed by atoms with van der Waals surface area (Å²) in [5, 5.41) is 16.3. The molecule has 4 aromatic rings. The van der Waals surface area contributed by atoms with E-state index in [1.54, 1.807) is 0 Å². The molecule has 1 aliphatic carbocycles. The van der Waals surface area contributed by atoms with Gasteiger partial charge in [-0.15, -0.1) is 0 Å². The third-order valence-corrected chi connectivity index (χ3v) is 5.81. The highest BCUT2D eigenvalue weighted by atomic mass is 16.5. The fourth-order valence-corrected chi connectivity index (χ4v) is 4.28. The number of rotatable bonds is 6. The Morgan fingerprint density at radius 1 is 0.909 bits per heavy atom. The van der Waals surface area contributed by atoms with Crippen molar-refractivity contribution < 1.29 is 19.4 Å². The van der Waals surface area contributed by atoms with Crippen molar-refractivity contribution in [1.82, 2.24) is 9.78 Å². The predicted molar refractivity (Wildman–Crippen MR) is 123 cm³/mol. The van der Waals surface area contributed by atoms with Crippen molar-refractivity contribution in [2.45, 2.75) is 12.5 Å². The van der Waals surface area contributed by atoms with Gasteiger partial charge in [-0.3, -0.25) is 5.32 Å². The summed E-state index contributed by atoms with van der Waals surface area (Å²) in [5.41, 5.74) is 5.30. The molecule has 3 aromatic carbocycles. The number of anilines is 1. The number of aromatic carboxylic acids is 1. The monoisotopic (exact) mass is 439 g/mol. The van der Waals surface area contributed by atoms with E-state index in [0.717, 1.165) is 27.8 Å². The first-order valence-electron chi connectivity index (χ1n) is 10.6. The molecule has 1 aromatic heterocycles. The number of aromatic nitrogens is 2. The number of fused-ring (bicyclic) bond motifs is 3. The minimum Gasteiger partial charge on any atom is -0.477 e. The smallest absolute Gasteiger partial charge is 0.412 e. The Morgan fingerprint density at radius 2 is 1.52 bits per heavy atom. The van der Waals surface area contributed by atoms with Gasteiger partial charge in [0.2, 0.25) is 0 Å². The van der Waals surface area contributed by atoms with Crippen LogP contribution in [0.25, 0.3) is 11.1 Å². The average molecular weight is 439 g/mol. The number of carbonyl (C=O) groups excluding carboxylic acids is 1. The summed E-state index contributed by atoms with van der Waals surface area (Å²) in [7, 11) is 0. The molecule has 0 saturated heterocycles. The second kappa shape index (κ2) is 8.63. The van der Waals surface area contributed by atoms with Crippen LogP contribution < -0.4 is 5.32 Å². The van der Waals surface area contributed by atoms with E-state index in [1.807, 2.05) is 66.7 Å². The fourth-order valence-electron chi connectivity index (χ4n) is 4.28. The molecule has 0 fully saturated rings. The summed E-state index contributed by atoms with van der Waals surface area (Å²) >= 11 is 0. The molecule has 1 aliphatic rings. The predicted octanol–water partition coefficient (Wildman–Crippen LogP) is 4.99. The van der Waals surface area contributed by atoms with Crippen LogP contribution in [0.15, 0.2) is 85.1 Å². The summed E-state index contributed by atoms with van der Waals surface area (Å²) in [6.45, 7) is 0.447. The van der Waals surface area contributed by atoms with Gasteiger partial charge < -0.3 is 9.84 Å². The highest BCUT2D eigenvalue weighted by molar-refractivity contribution is 5.97. The molecular weight excluding hydrogens is 418 g/mol. The lowest BCUT2D eigenvalue weighted by molar-refractivity contribution is 0.0698. The van der Waals surface area contributed by atoms with Gasteiger partial charge in [0.25, 0.3) is 0 Å². The van der Waals surface area contributed by atoms with E-state index in [2.05, 4.69) is 22.5 Å². The summed E-state index contributed by atoms with van der Waals surface area (Å²) < 4.78 is 7.01. The van der Waals surface area contributed by atoms with Crippen molar-refractivity contribution in [3.05, 3.63) is 107 Å². The van der Waals surface area contributed by atoms with E-state index < -0.39 is 12.1 Å². The zero-order chi connectivity index (χ0) is 22.8. The second-order valence-corrected chi connectivity index (χ2v) is 7.81. The number of benzene rings is 3. The SMILES string of the molecule is O=C(Nc1c(C(=O)O)cnn1Cc1ccccc1)OCC1c2ccccc2-c2ccccc21. The molecule has 0 bridgehead atoms. The zero-order valence-electron chi connectivity index (χ0n) is 17.6. The number of carbonyl (C=O) groups is 2. The van der Waals surface area contributed by atoms with E-state index in [0.29, 0.717) is 6.54 Å². The molecule has 1 amide bonds. The van der Waals surface area contributed by atoms with E-state index in [4.69, 9.17) is 4.74 Å². The molecule has 164 valence electrons. The molecule has 0 saturated carbocycles. The van der Waals surface area contributed by atoms with Gasteiger partial charge >= 0.3 is 12.1 Å². The van der Waals surface area contributed by atoms with Crippen LogP contribution in [0.1, 0.15) is 33.0 Å². The first kappa shape index (κ1) is 20.5. The molecule has 33 heavy (non-hydrogen) atoms. The van der Waals surface area contributed by atoms with Crippen molar-refractivity contribution in [3.8, 4) is 11.1 Å². The van der Waals surface area contributed by atoms with Crippen molar-refractivity contribution in [3.63, 3.8) is 0 Å². The van der Waals surface area contributed by atoms with Gasteiger partial charge in [-0.2, -0.15) is 5.10 Å². The third kappa shape index (κ3) is 3.96. The van der Waals surface area contributed by atoms with Gasteiger partial charge in [-0.05, 0) is 27.8 Å². The minimum absolute atomic E-state index is 0.0866. The van der Waals surface area contributed by atoms with Crippen LogP contribution >= 0.6 is 0 Å². The normalized spacial score (nSPS) is 12.1. The van der Waals surface area contributed by atoms with Crippen LogP contribution in [-0.2, 0) is 11.3 Å². The molecule has 7 nitrogen and oxygen atoms in total. The topological polar surface area (TPSA) is 93.5 Å². The molecule has 2 N–H and O–H groups in total. The highest BCUT2D eigenvalue weighted by Gasteiger charge is 2.29. The molecule has 0 spiro atoms. The maximum Gasteiger partial charge on any atom is 0.412 e. The number of nitrogens with zero attached hydrogens (tertiary/aromatic N) is 2. The Bertz CT molecular complexity index is 1280. The van der Waals surface area contributed by atoms with Gasteiger partial charge in [0.1, 0.15) is 18.0 Å². The first-order chi connectivity index (χ1) is 16.1.